The minimum absolute atomic E-state index is 0.154. The predicted octanol–water partition coefficient (Wildman–Crippen LogP) is 0.535. The molecule has 24 heavy (non-hydrogen) atoms. The van der Waals surface area contributed by atoms with E-state index in [-0.39, 0.29) is 29.1 Å². The van der Waals surface area contributed by atoms with Crippen molar-refractivity contribution in [2.75, 3.05) is 6.54 Å². The number of hydrogen-bond donors (Lipinski definition) is 2. The first-order chi connectivity index (χ1) is 11.6. The average molecular weight is 326 g/mol. The van der Waals surface area contributed by atoms with E-state index < -0.39 is 0 Å². The van der Waals surface area contributed by atoms with Gasteiger partial charge in [-0.1, -0.05) is 0 Å². The van der Waals surface area contributed by atoms with E-state index in [4.69, 9.17) is 0 Å². The molecule has 3 heterocycles. The van der Waals surface area contributed by atoms with Crippen LogP contribution in [0.15, 0.2) is 22.0 Å². The molecule has 7 nitrogen and oxygen atoms in total. The number of nitrogens with zero attached hydrogens (tertiary/aromatic N) is 2. The molecule has 0 bridgehead atoms. The van der Waals surface area contributed by atoms with Gasteiger partial charge in [0.1, 0.15) is 5.56 Å². The first-order valence-corrected chi connectivity index (χ1v) is 8.23. The number of nitrogens with one attached hydrogen (secondary N) is 2. The van der Waals surface area contributed by atoms with Gasteiger partial charge in [-0.2, -0.15) is 0 Å². The summed E-state index contributed by atoms with van der Waals surface area (Å²) in [5.74, 6) is -0.294. The fraction of sp³-hybridized carbons (Fsp3) is 0.412. The van der Waals surface area contributed by atoms with Gasteiger partial charge in [-0.3, -0.25) is 14.4 Å². The molecule has 2 aliphatic rings. The van der Waals surface area contributed by atoms with E-state index in [9.17, 15) is 14.4 Å². The van der Waals surface area contributed by atoms with Crippen molar-refractivity contribution in [1.82, 2.24) is 19.9 Å². The zero-order valence-electron chi connectivity index (χ0n) is 13.2. The lowest BCUT2D eigenvalue weighted by molar-refractivity contribution is 0.0729. The SMILES string of the molecule is O=C(c1cc2c([nH]c1=O)CCCC2)N1CCc2c(nc[nH]c2=O)C1. The lowest BCUT2D eigenvalue weighted by Crippen LogP contribution is -2.41. The smallest absolute Gasteiger partial charge is 0.261 e. The Morgan fingerprint density at radius 1 is 1.12 bits per heavy atom. The molecule has 0 spiro atoms. The Morgan fingerprint density at radius 2 is 1.96 bits per heavy atom. The second kappa shape index (κ2) is 5.74. The summed E-state index contributed by atoms with van der Waals surface area (Å²) in [5, 5.41) is 0. The van der Waals surface area contributed by atoms with Gasteiger partial charge in [0.25, 0.3) is 17.0 Å². The highest BCUT2D eigenvalue weighted by atomic mass is 16.2. The summed E-state index contributed by atoms with van der Waals surface area (Å²) in [7, 11) is 0. The van der Waals surface area contributed by atoms with E-state index in [2.05, 4.69) is 15.0 Å². The molecule has 0 radical (unpaired) electrons. The fourth-order valence-electron chi connectivity index (χ4n) is 3.54. The largest absolute Gasteiger partial charge is 0.332 e. The summed E-state index contributed by atoms with van der Waals surface area (Å²) in [6.45, 7) is 0.672. The Kier molecular flexibility index (Phi) is 3.55. The summed E-state index contributed by atoms with van der Waals surface area (Å²) >= 11 is 0. The summed E-state index contributed by atoms with van der Waals surface area (Å²) in [5.41, 5.74) is 2.96. The predicted molar refractivity (Wildman–Crippen MR) is 87.0 cm³/mol. The van der Waals surface area contributed by atoms with Gasteiger partial charge in [0, 0.05) is 17.8 Å². The molecular formula is C17H18N4O3. The molecule has 0 saturated carbocycles. The van der Waals surface area contributed by atoms with Crippen LogP contribution in [0.2, 0.25) is 0 Å². The molecular weight excluding hydrogens is 308 g/mol. The van der Waals surface area contributed by atoms with E-state index in [1.807, 2.05) is 0 Å². The molecule has 1 amide bonds. The van der Waals surface area contributed by atoms with E-state index in [1.54, 1.807) is 11.0 Å². The molecule has 0 atom stereocenters. The maximum atomic E-state index is 12.8. The van der Waals surface area contributed by atoms with Crippen molar-refractivity contribution in [3.63, 3.8) is 0 Å². The van der Waals surface area contributed by atoms with Crippen LogP contribution in [0.5, 0.6) is 0 Å². The number of carbonyl (C=O) groups excluding carboxylic acids is 1. The van der Waals surface area contributed by atoms with Crippen LogP contribution in [0.25, 0.3) is 0 Å². The van der Waals surface area contributed by atoms with E-state index in [1.165, 1.54) is 6.33 Å². The van der Waals surface area contributed by atoms with Crippen molar-refractivity contribution in [3.8, 4) is 0 Å². The van der Waals surface area contributed by atoms with Crippen LogP contribution in [0.1, 0.15) is 45.7 Å². The lowest BCUT2D eigenvalue weighted by atomic mass is 9.94. The fourth-order valence-corrected chi connectivity index (χ4v) is 3.54. The second-order valence-electron chi connectivity index (χ2n) is 6.36. The number of pyridine rings is 1. The van der Waals surface area contributed by atoms with E-state index >= 15 is 0 Å². The van der Waals surface area contributed by atoms with E-state index in [0.717, 1.165) is 36.9 Å². The number of rotatable bonds is 1. The van der Waals surface area contributed by atoms with Crippen molar-refractivity contribution >= 4 is 5.91 Å². The van der Waals surface area contributed by atoms with Gasteiger partial charge in [0.15, 0.2) is 0 Å². The highest BCUT2D eigenvalue weighted by Crippen LogP contribution is 2.20. The number of hydrogen-bond acceptors (Lipinski definition) is 4. The van der Waals surface area contributed by atoms with Crippen molar-refractivity contribution in [3.05, 3.63) is 61.2 Å². The minimum Gasteiger partial charge on any atom is -0.332 e. The Labute approximate surface area is 137 Å². The van der Waals surface area contributed by atoms with Crippen LogP contribution in [-0.2, 0) is 25.8 Å². The molecule has 0 unspecified atom stereocenters. The zero-order chi connectivity index (χ0) is 16.7. The third-order valence-electron chi connectivity index (χ3n) is 4.87. The monoisotopic (exact) mass is 326 g/mol. The Bertz CT molecular complexity index is 928. The third kappa shape index (κ3) is 2.46. The number of fused-ring (bicyclic) bond motifs is 2. The Hall–Kier alpha value is -2.70. The second-order valence-corrected chi connectivity index (χ2v) is 6.36. The maximum Gasteiger partial charge on any atom is 0.261 e. The van der Waals surface area contributed by atoms with Crippen LogP contribution in [-0.4, -0.2) is 32.3 Å². The normalized spacial score (nSPS) is 16.4. The molecule has 2 aromatic rings. The van der Waals surface area contributed by atoms with Crippen LogP contribution < -0.4 is 11.1 Å². The van der Waals surface area contributed by atoms with Crippen LogP contribution >= 0.6 is 0 Å². The quantitative estimate of drug-likeness (QED) is 0.799. The third-order valence-corrected chi connectivity index (χ3v) is 4.87. The molecule has 1 aliphatic carbocycles. The van der Waals surface area contributed by atoms with Crippen LogP contribution in [0, 0.1) is 0 Å². The molecule has 0 saturated heterocycles. The van der Waals surface area contributed by atoms with Gasteiger partial charge in [-0.05, 0) is 43.7 Å². The average Bonchev–Trinajstić information content (AvgIpc) is 2.60. The van der Waals surface area contributed by atoms with E-state index in [0.29, 0.717) is 24.2 Å². The Morgan fingerprint density at radius 3 is 2.83 bits per heavy atom. The lowest BCUT2D eigenvalue weighted by Gasteiger charge is -2.27. The van der Waals surface area contributed by atoms with Crippen molar-refractivity contribution < 1.29 is 4.79 Å². The number of amides is 1. The van der Waals surface area contributed by atoms with Crippen LogP contribution in [0.4, 0.5) is 0 Å². The van der Waals surface area contributed by atoms with Gasteiger partial charge in [0.2, 0.25) is 0 Å². The summed E-state index contributed by atoms with van der Waals surface area (Å²) < 4.78 is 0. The number of carbonyl (C=O) groups is 1. The molecule has 2 aromatic heterocycles. The first kappa shape index (κ1) is 14.9. The zero-order valence-corrected chi connectivity index (χ0v) is 13.2. The van der Waals surface area contributed by atoms with Crippen LogP contribution in [0.3, 0.4) is 0 Å². The number of aromatic amines is 2. The highest BCUT2D eigenvalue weighted by molar-refractivity contribution is 5.94. The first-order valence-electron chi connectivity index (χ1n) is 8.23. The Balaban J connectivity index is 1.65. The highest BCUT2D eigenvalue weighted by Gasteiger charge is 2.26. The van der Waals surface area contributed by atoms with Gasteiger partial charge >= 0.3 is 0 Å². The summed E-state index contributed by atoms with van der Waals surface area (Å²) in [4.78, 5) is 48.0. The van der Waals surface area contributed by atoms with Crippen molar-refractivity contribution in [1.29, 1.82) is 0 Å². The molecule has 1 aliphatic heterocycles. The molecule has 7 heteroatoms. The summed E-state index contributed by atoms with van der Waals surface area (Å²) in [6, 6.07) is 1.75. The topological polar surface area (TPSA) is 98.9 Å². The van der Waals surface area contributed by atoms with Gasteiger partial charge in [-0.25, -0.2) is 4.98 Å². The summed E-state index contributed by atoms with van der Waals surface area (Å²) in [6.07, 6.45) is 5.71. The van der Waals surface area contributed by atoms with Gasteiger partial charge in [-0.15, -0.1) is 0 Å². The molecule has 0 aromatic carbocycles. The number of H-pyrrole nitrogens is 2. The molecule has 0 fully saturated rings. The molecule has 2 N–H and O–H groups in total. The minimum atomic E-state index is -0.328. The van der Waals surface area contributed by atoms with Gasteiger partial charge in [0.05, 0.1) is 18.6 Å². The maximum absolute atomic E-state index is 12.8. The number of aromatic nitrogens is 3. The standard InChI is InChI=1S/C17H18N4O3/c22-15-11-5-6-21(8-14(11)18-9-19-15)17(24)12-7-10-3-1-2-4-13(10)20-16(12)23/h7,9H,1-6,8H2,(H,20,23)(H,18,19,22). The van der Waals surface area contributed by atoms with Crippen molar-refractivity contribution in [2.45, 2.75) is 38.6 Å². The molecule has 4 rings (SSSR count). The molecule has 124 valence electrons. The van der Waals surface area contributed by atoms with Crippen molar-refractivity contribution in [2.24, 2.45) is 0 Å². The van der Waals surface area contributed by atoms with Gasteiger partial charge < -0.3 is 14.9 Å². The number of aryl methyl sites for hydroxylation is 2.